The molecule has 2 aliphatic rings. The third-order valence-electron chi connectivity index (χ3n) is 15.5. The monoisotopic (exact) mass is 1080 g/mol. The molecule has 4 N–H and O–H groups in total. The zero-order chi connectivity index (χ0) is 56.7. The second kappa shape index (κ2) is 31.8. The van der Waals surface area contributed by atoms with E-state index in [9.17, 15) is 37.5 Å². The molecule has 2 aliphatic carbocycles. The van der Waals surface area contributed by atoms with Crippen LogP contribution in [0.2, 0.25) is 0 Å². The second-order valence-electron chi connectivity index (χ2n) is 21.5. The van der Waals surface area contributed by atoms with Crippen LogP contribution in [0.4, 0.5) is 29.7 Å². The number of rotatable bonds is 24. The molecule has 6 atom stereocenters. The Morgan fingerprint density at radius 1 is 0.513 bits per heavy atom. The van der Waals surface area contributed by atoms with Crippen molar-refractivity contribution in [3.8, 4) is 0 Å². The highest BCUT2D eigenvalue weighted by molar-refractivity contribution is 5.97. The molecule has 2 fully saturated rings. The van der Waals surface area contributed by atoms with Crippen molar-refractivity contribution in [3.63, 3.8) is 0 Å². The highest BCUT2D eigenvalue weighted by Gasteiger charge is 2.36. The summed E-state index contributed by atoms with van der Waals surface area (Å²) < 4.78 is 26.5. The second-order valence-corrected chi connectivity index (χ2v) is 21.5. The van der Waals surface area contributed by atoms with Gasteiger partial charge in [-0.05, 0) is 189 Å². The highest BCUT2D eigenvalue weighted by atomic mass is 19.1. The molecule has 4 aromatic rings. The molecule has 0 spiro atoms. The number of carbonyl (C=O) groups is 6. The minimum Gasteiger partial charge on any atom is -0.343 e. The zero-order valence-electron chi connectivity index (χ0n) is 47.4. The molecule has 0 aromatic heterocycles. The fourth-order valence-electron chi connectivity index (χ4n) is 10.9. The standard InChI is InChI=1S/2C31H43FN4O3/c2*1-5-17-36(18-7-8-24-11-14-27(32)15-12-24)21-26-13-16-29(35(4)23(3)38)20-30(26)34-31(39)33-28-10-6-9-25(19-28)22(2)37/h2*6,9-12,14-15,19,26,29-30H,5,7-8,13,16-18,20-21H2,1-4H3,(H2,33,34,39)/t26-,29+,30+;26-,29-,30+/m00/s1. The summed E-state index contributed by atoms with van der Waals surface area (Å²) in [5, 5.41) is 12.1. The Labute approximate surface area is 462 Å². The molecular formula is C62H86F2N8O6. The lowest BCUT2D eigenvalue weighted by molar-refractivity contribution is -0.131. The number of urea groups is 2. The molecule has 0 aliphatic heterocycles. The van der Waals surface area contributed by atoms with Gasteiger partial charge < -0.3 is 40.9 Å². The molecule has 2 saturated carbocycles. The van der Waals surface area contributed by atoms with E-state index in [-0.39, 0.29) is 83.1 Å². The van der Waals surface area contributed by atoms with Crippen LogP contribution in [0.25, 0.3) is 0 Å². The van der Waals surface area contributed by atoms with Crippen LogP contribution in [-0.2, 0) is 22.4 Å². The van der Waals surface area contributed by atoms with Gasteiger partial charge in [0.1, 0.15) is 11.6 Å². The van der Waals surface area contributed by atoms with Crippen molar-refractivity contribution in [1.82, 2.24) is 30.2 Å². The quantitative estimate of drug-likeness (QED) is 0.0504. The summed E-state index contributed by atoms with van der Waals surface area (Å²) >= 11 is 0. The van der Waals surface area contributed by atoms with Gasteiger partial charge in [0.25, 0.3) is 0 Å². The fourth-order valence-corrected chi connectivity index (χ4v) is 10.9. The van der Waals surface area contributed by atoms with Gasteiger partial charge in [-0.25, -0.2) is 18.4 Å². The Morgan fingerprint density at radius 3 is 1.22 bits per heavy atom. The minimum atomic E-state index is -0.310. The zero-order valence-corrected chi connectivity index (χ0v) is 47.4. The van der Waals surface area contributed by atoms with E-state index in [0.717, 1.165) is 115 Å². The lowest BCUT2D eigenvalue weighted by atomic mass is 9.80. The van der Waals surface area contributed by atoms with E-state index < -0.39 is 0 Å². The smallest absolute Gasteiger partial charge is 0.319 e. The molecule has 4 aromatic carbocycles. The van der Waals surface area contributed by atoms with Crippen LogP contribution in [0, 0.1) is 23.5 Å². The van der Waals surface area contributed by atoms with Gasteiger partial charge in [-0.2, -0.15) is 0 Å². The van der Waals surface area contributed by atoms with Gasteiger partial charge >= 0.3 is 12.1 Å². The number of nitrogens with zero attached hydrogens (tertiary/aromatic N) is 4. The Balaban J connectivity index is 0.000000287. The summed E-state index contributed by atoms with van der Waals surface area (Å²) in [7, 11) is 3.66. The first-order chi connectivity index (χ1) is 37.3. The third kappa shape index (κ3) is 20.7. The van der Waals surface area contributed by atoms with Gasteiger partial charge in [0.05, 0.1) is 0 Å². The molecule has 14 nitrogen and oxygen atoms in total. The van der Waals surface area contributed by atoms with Crippen LogP contribution in [0.15, 0.2) is 97.1 Å². The van der Waals surface area contributed by atoms with Gasteiger partial charge in [0, 0.05) is 87.7 Å². The van der Waals surface area contributed by atoms with Gasteiger partial charge in [0.2, 0.25) is 11.8 Å². The third-order valence-corrected chi connectivity index (χ3v) is 15.5. The van der Waals surface area contributed by atoms with Crippen molar-refractivity contribution < 1.29 is 37.5 Å². The molecule has 16 heteroatoms. The molecule has 0 saturated heterocycles. The number of anilines is 2. The first-order valence-electron chi connectivity index (χ1n) is 28.1. The van der Waals surface area contributed by atoms with Crippen LogP contribution in [-0.4, -0.2) is 133 Å². The number of amides is 6. The molecule has 0 radical (unpaired) electrons. The Kier molecular flexibility index (Phi) is 25.4. The molecule has 0 unspecified atom stereocenters. The average molecular weight is 1080 g/mol. The number of nitrogens with one attached hydrogen (secondary N) is 4. The average Bonchev–Trinajstić information content (AvgIpc) is 3.41. The Bertz CT molecular complexity index is 2390. The van der Waals surface area contributed by atoms with Crippen molar-refractivity contribution >= 4 is 46.8 Å². The number of Topliss-reactive ketones (excluding diaryl/α,β-unsaturated/α-hetero) is 2. The first kappa shape index (κ1) is 62.3. The minimum absolute atomic E-state index is 0.0242. The van der Waals surface area contributed by atoms with E-state index in [1.54, 1.807) is 72.2 Å². The van der Waals surface area contributed by atoms with Gasteiger partial charge in [-0.15, -0.1) is 0 Å². The summed E-state index contributed by atoms with van der Waals surface area (Å²) in [5.74, 6) is -0.0132. The topological polar surface area (TPSA) is 163 Å². The Morgan fingerprint density at radius 2 is 0.885 bits per heavy atom. The summed E-state index contributed by atoms with van der Waals surface area (Å²) in [5.41, 5.74) is 4.48. The van der Waals surface area contributed by atoms with E-state index >= 15 is 0 Å². The maximum absolute atomic E-state index is 13.2. The van der Waals surface area contributed by atoms with Crippen molar-refractivity contribution in [1.29, 1.82) is 0 Å². The van der Waals surface area contributed by atoms with Crippen LogP contribution in [0.3, 0.4) is 0 Å². The van der Waals surface area contributed by atoms with E-state index in [0.29, 0.717) is 35.3 Å². The largest absolute Gasteiger partial charge is 0.343 e. The van der Waals surface area contributed by atoms with Gasteiger partial charge in [-0.1, -0.05) is 62.4 Å². The first-order valence-corrected chi connectivity index (χ1v) is 28.1. The number of hydrogen-bond acceptors (Lipinski definition) is 8. The summed E-state index contributed by atoms with van der Waals surface area (Å²) in [6, 6.07) is 26.6. The summed E-state index contributed by atoms with van der Waals surface area (Å²) in [6.45, 7) is 16.0. The number of ketones is 2. The number of halogens is 2. The fraction of sp³-hybridized carbons (Fsp3) is 0.516. The summed E-state index contributed by atoms with van der Waals surface area (Å²) in [6.07, 6.45) is 10.8. The van der Waals surface area contributed by atoms with Crippen molar-refractivity contribution in [2.75, 3.05) is 64.0 Å². The molecule has 0 heterocycles. The van der Waals surface area contributed by atoms with Crippen molar-refractivity contribution in [2.24, 2.45) is 11.8 Å². The van der Waals surface area contributed by atoms with E-state index in [1.165, 1.54) is 38.1 Å². The van der Waals surface area contributed by atoms with E-state index in [4.69, 9.17) is 0 Å². The molecule has 6 amide bonds. The van der Waals surface area contributed by atoms with Gasteiger partial charge in [-0.3, -0.25) is 19.2 Å². The predicted octanol–water partition coefficient (Wildman–Crippen LogP) is 11.0. The number of benzene rings is 4. The number of hydrogen-bond donors (Lipinski definition) is 4. The Hall–Kier alpha value is -6.52. The summed E-state index contributed by atoms with van der Waals surface area (Å²) in [4.78, 5) is 82.2. The number of aryl methyl sites for hydroxylation is 2. The number of carbonyl (C=O) groups excluding carboxylic acids is 6. The van der Waals surface area contributed by atoms with E-state index in [2.05, 4.69) is 44.9 Å². The van der Waals surface area contributed by atoms with Crippen molar-refractivity contribution in [2.45, 2.75) is 143 Å². The maximum Gasteiger partial charge on any atom is 0.319 e. The predicted molar refractivity (Wildman–Crippen MR) is 307 cm³/mol. The van der Waals surface area contributed by atoms with Gasteiger partial charge in [0.15, 0.2) is 11.6 Å². The molecule has 78 heavy (non-hydrogen) atoms. The molecule has 424 valence electrons. The van der Waals surface area contributed by atoms with E-state index in [1.807, 2.05) is 38.4 Å². The molecule has 0 bridgehead atoms. The van der Waals surface area contributed by atoms with Crippen LogP contribution in [0.1, 0.15) is 138 Å². The normalized spacial score (nSPS) is 19.0. The SMILES string of the molecule is CCCN(CCCc1ccc(F)cc1)C[C@@H]1CC[C@@H](N(C)C(C)=O)C[C@H]1NC(=O)Nc1cccc(C(C)=O)c1.CCCN(CCCc1ccc(F)cc1)C[C@@H]1CC[C@H](N(C)C(C)=O)C[C@H]1NC(=O)Nc1cccc(C(C)=O)c1. The molecule has 6 rings (SSSR count). The highest BCUT2D eigenvalue weighted by Crippen LogP contribution is 2.31. The maximum atomic E-state index is 13.2. The lowest BCUT2D eigenvalue weighted by Gasteiger charge is -2.41. The lowest BCUT2D eigenvalue weighted by Crippen LogP contribution is -2.53. The van der Waals surface area contributed by atoms with Crippen LogP contribution < -0.4 is 21.3 Å². The van der Waals surface area contributed by atoms with Crippen LogP contribution in [0.5, 0.6) is 0 Å². The molecular weight excluding hydrogens is 991 g/mol. The van der Waals surface area contributed by atoms with Crippen LogP contribution >= 0.6 is 0 Å². The van der Waals surface area contributed by atoms with Crippen molar-refractivity contribution in [3.05, 3.63) is 131 Å².